The first-order chi connectivity index (χ1) is 7.48. The molecule has 4 heteroatoms. The highest BCUT2D eigenvalue weighted by Crippen LogP contribution is 2.30. The molecular formula is C12H22O4. The molecule has 0 rings (SSSR count). The van der Waals surface area contributed by atoms with E-state index in [0.717, 1.165) is 12.0 Å². The number of hydrogen-bond acceptors (Lipinski definition) is 4. The zero-order valence-corrected chi connectivity index (χ0v) is 11.0. The lowest BCUT2D eigenvalue weighted by molar-refractivity contribution is -0.190. The minimum Gasteiger partial charge on any atom is -0.466 e. The molecule has 0 amide bonds. The standard InChI is InChI=1S/C12H22O4/c1-7-8-12(15-5,16-6)10(9(2)3)11(13)14-4/h7-8H2,1-6H3. The first-order valence-electron chi connectivity index (χ1n) is 5.35. The lowest BCUT2D eigenvalue weighted by Crippen LogP contribution is -2.40. The van der Waals surface area contributed by atoms with Crippen molar-refractivity contribution in [3.8, 4) is 0 Å². The summed E-state index contributed by atoms with van der Waals surface area (Å²) in [4.78, 5) is 11.8. The van der Waals surface area contributed by atoms with Crippen LogP contribution < -0.4 is 0 Å². The van der Waals surface area contributed by atoms with Crippen molar-refractivity contribution in [2.24, 2.45) is 0 Å². The van der Waals surface area contributed by atoms with E-state index < -0.39 is 11.8 Å². The highest BCUT2D eigenvalue weighted by Gasteiger charge is 2.39. The van der Waals surface area contributed by atoms with Crippen LogP contribution in [0.1, 0.15) is 33.6 Å². The van der Waals surface area contributed by atoms with E-state index in [1.54, 1.807) is 0 Å². The fraction of sp³-hybridized carbons (Fsp3) is 0.750. The molecule has 0 spiro atoms. The molecule has 16 heavy (non-hydrogen) atoms. The number of rotatable bonds is 6. The Morgan fingerprint density at radius 2 is 1.62 bits per heavy atom. The Labute approximate surface area is 97.6 Å². The van der Waals surface area contributed by atoms with Crippen molar-refractivity contribution >= 4 is 5.97 Å². The van der Waals surface area contributed by atoms with E-state index in [1.165, 1.54) is 21.3 Å². The maximum atomic E-state index is 11.8. The average molecular weight is 230 g/mol. The Morgan fingerprint density at radius 3 is 1.88 bits per heavy atom. The molecule has 0 aliphatic rings. The van der Waals surface area contributed by atoms with Gasteiger partial charge in [-0.3, -0.25) is 0 Å². The lowest BCUT2D eigenvalue weighted by atomic mass is 9.96. The van der Waals surface area contributed by atoms with Crippen LogP contribution in [0.5, 0.6) is 0 Å². The van der Waals surface area contributed by atoms with Crippen LogP contribution in [0.15, 0.2) is 11.1 Å². The third-order valence-corrected chi connectivity index (χ3v) is 2.51. The molecule has 0 aromatic heterocycles. The number of esters is 1. The molecule has 0 N–H and O–H groups in total. The predicted molar refractivity (Wildman–Crippen MR) is 62.0 cm³/mol. The second-order valence-electron chi connectivity index (χ2n) is 3.78. The fourth-order valence-corrected chi connectivity index (χ4v) is 1.79. The first kappa shape index (κ1) is 15.1. The quantitative estimate of drug-likeness (QED) is 0.399. The second kappa shape index (κ2) is 6.66. The van der Waals surface area contributed by atoms with Crippen molar-refractivity contribution in [3.05, 3.63) is 11.1 Å². The Hall–Kier alpha value is -0.870. The molecule has 0 bridgehead atoms. The van der Waals surface area contributed by atoms with Crippen LogP contribution in [0.4, 0.5) is 0 Å². The molecule has 0 aliphatic carbocycles. The molecule has 0 radical (unpaired) electrons. The fourth-order valence-electron chi connectivity index (χ4n) is 1.79. The molecule has 94 valence electrons. The van der Waals surface area contributed by atoms with Gasteiger partial charge in [0.2, 0.25) is 5.79 Å². The smallest absolute Gasteiger partial charge is 0.339 e. The van der Waals surface area contributed by atoms with Crippen LogP contribution in [0.25, 0.3) is 0 Å². The summed E-state index contributed by atoms with van der Waals surface area (Å²) in [5.41, 5.74) is 1.28. The summed E-state index contributed by atoms with van der Waals surface area (Å²) in [7, 11) is 4.42. The van der Waals surface area contributed by atoms with Gasteiger partial charge in [-0.25, -0.2) is 4.79 Å². The van der Waals surface area contributed by atoms with E-state index in [1.807, 2.05) is 20.8 Å². The number of allylic oxidation sites excluding steroid dienone is 1. The van der Waals surface area contributed by atoms with E-state index in [9.17, 15) is 4.79 Å². The van der Waals surface area contributed by atoms with Crippen LogP contribution in [-0.2, 0) is 19.0 Å². The van der Waals surface area contributed by atoms with Crippen molar-refractivity contribution in [2.75, 3.05) is 21.3 Å². The topological polar surface area (TPSA) is 44.8 Å². The van der Waals surface area contributed by atoms with E-state index >= 15 is 0 Å². The number of hydrogen-bond donors (Lipinski definition) is 0. The number of methoxy groups -OCH3 is 3. The third kappa shape index (κ3) is 3.06. The highest BCUT2D eigenvalue weighted by molar-refractivity contribution is 5.91. The SMILES string of the molecule is CCCC(OC)(OC)C(C(=O)OC)=C(C)C. The Kier molecular flexibility index (Phi) is 6.29. The van der Waals surface area contributed by atoms with Crippen molar-refractivity contribution in [1.29, 1.82) is 0 Å². The van der Waals surface area contributed by atoms with Crippen LogP contribution in [-0.4, -0.2) is 33.1 Å². The summed E-state index contributed by atoms with van der Waals surface area (Å²) in [6.07, 6.45) is 1.45. The summed E-state index contributed by atoms with van der Waals surface area (Å²) in [6.45, 7) is 5.69. The normalized spacial score (nSPS) is 11.1. The summed E-state index contributed by atoms with van der Waals surface area (Å²) in [5, 5.41) is 0. The van der Waals surface area contributed by atoms with Gasteiger partial charge in [-0.05, 0) is 13.8 Å². The molecular weight excluding hydrogens is 208 g/mol. The summed E-state index contributed by atoms with van der Waals surface area (Å²) in [6, 6.07) is 0. The van der Waals surface area contributed by atoms with Gasteiger partial charge >= 0.3 is 5.97 Å². The van der Waals surface area contributed by atoms with Gasteiger partial charge in [-0.1, -0.05) is 18.9 Å². The van der Waals surface area contributed by atoms with Gasteiger partial charge in [0, 0.05) is 20.6 Å². The van der Waals surface area contributed by atoms with E-state index in [4.69, 9.17) is 14.2 Å². The zero-order chi connectivity index (χ0) is 12.8. The maximum absolute atomic E-state index is 11.8. The van der Waals surface area contributed by atoms with Crippen molar-refractivity contribution in [2.45, 2.75) is 39.4 Å². The summed E-state index contributed by atoms with van der Waals surface area (Å²) < 4.78 is 15.6. The third-order valence-electron chi connectivity index (χ3n) is 2.51. The molecule has 0 aromatic rings. The van der Waals surface area contributed by atoms with Gasteiger partial charge in [-0.2, -0.15) is 0 Å². The molecule has 4 nitrogen and oxygen atoms in total. The van der Waals surface area contributed by atoms with Gasteiger partial charge in [0.05, 0.1) is 12.7 Å². The van der Waals surface area contributed by atoms with Gasteiger partial charge in [0.15, 0.2) is 0 Å². The Bertz CT molecular complexity index is 260. The largest absolute Gasteiger partial charge is 0.466 e. The Morgan fingerprint density at radius 1 is 1.12 bits per heavy atom. The van der Waals surface area contributed by atoms with Crippen LogP contribution in [0.2, 0.25) is 0 Å². The second-order valence-corrected chi connectivity index (χ2v) is 3.78. The predicted octanol–water partition coefficient (Wildman–Crippen LogP) is 2.29. The zero-order valence-electron chi connectivity index (χ0n) is 11.0. The molecule has 0 aromatic carbocycles. The van der Waals surface area contributed by atoms with Gasteiger partial charge in [0.1, 0.15) is 0 Å². The average Bonchev–Trinajstić information content (AvgIpc) is 2.27. The van der Waals surface area contributed by atoms with E-state index in [-0.39, 0.29) is 0 Å². The maximum Gasteiger partial charge on any atom is 0.339 e. The van der Waals surface area contributed by atoms with Gasteiger partial charge < -0.3 is 14.2 Å². The molecule has 0 unspecified atom stereocenters. The summed E-state index contributed by atoms with van der Waals surface area (Å²) in [5.74, 6) is -1.40. The number of carbonyl (C=O) groups is 1. The van der Waals surface area contributed by atoms with Crippen molar-refractivity contribution < 1.29 is 19.0 Å². The van der Waals surface area contributed by atoms with Gasteiger partial charge in [0.25, 0.3) is 0 Å². The molecule has 0 saturated heterocycles. The molecule has 0 aliphatic heterocycles. The van der Waals surface area contributed by atoms with Crippen molar-refractivity contribution in [3.63, 3.8) is 0 Å². The highest BCUT2D eigenvalue weighted by atomic mass is 16.7. The monoisotopic (exact) mass is 230 g/mol. The van der Waals surface area contributed by atoms with E-state index in [2.05, 4.69) is 0 Å². The first-order valence-corrected chi connectivity index (χ1v) is 5.35. The minimum atomic E-state index is -0.999. The molecule has 0 heterocycles. The van der Waals surface area contributed by atoms with Gasteiger partial charge in [-0.15, -0.1) is 0 Å². The lowest BCUT2D eigenvalue weighted by Gasteiger charge is -2.32. The number of ether oxygens (including phenoxy) is 3. The van der Waals surface area contributed by atoms with Crippen molar-refractivity contribution in [1.82, 2.24) is 0 Å². The van der Waals surface area contributed by atoms with Crippen LogP contribution in [0, 0.1) is 0 Å². The molecule has 0 fully saturated rings. The Balaban J connectivity index is 5.44. The van der Waals surface area contributed by atoms with Crippen LogP contribution in [0.3, 0.4) is 0 Å². The van der Waals surface area contributed by atoms with Crippen LogP contribution >= 0.6 is 0 Å². The minimum absolute atomic E-state index is 0.405. The summed E-state index contributed by atoms with van der Waals surface area (Å²) >= 11 is 0. The number of carbonyl (C=O) groups excluding carboxylic acids is 1. The molecule has 0 saturated carbocycles. The van der Waals surface area contributed by atoms with E-state index in [0.29, 0.717) is 12.0 Å². The molecule has 0 atom stereocenters.